The first kappa shape index (κ1) is 18.0. The molecule has 0 aliphatic rings. The second-order valence-corrected chi connectivity index (χ2v) is 6.87. The second kappa shape index (κ2) is 7.94. The molecule has 0 radical (unpaired) electrons. The van der Waals surface area contributed by atoms with Gasteiger partial charge in [-0.1, -0.05) is 30.3 Å². The summed E-state index contributed by atoms with van der Waals surface area (Å²) in [5.41, 5.74) is 1.11. The third kappa shape index (κ3) is 4.56. The molecule has 2 aromatic rings. The van der Waals surface area contributed by atoms with Crippen LogP contribution in [0.2, 0.25) is 0 Å². The highest BCUT2D eigenvalue weighted by Crippen LogP contribution is 2.27. The summed E-state index contributed by atoms with van der Waals surface area (Å²) in [7, 11) is -0.745. The Labute approximate surface area is 141 Å². The number of benzene rings is 2. The van der Waals surface area contributed by atoms with E-state index in [4.69, 9.17) is 9.47 Å². The molecule has 0 fully saturated rings. The van der Waals surface area contributed by atoms with Crippen LogP contribution in [0.15, 0.2) is 48.5 Å². The van der Waals surface area contributed by atoms with Crippen LogP contribution in [-0.2, 0) is 14.8 Å². The summed E-state index contributed by atoms with van der Waals surface area (Å²) in [5, 5.41) is 0. The normalized spacial score (nSPS) is 11.1. The lowest BCUT2D eigenvalue weighted by Gasteiger charge is -2.13. The van der Waals surface area contributed by atoms with E-state index < -0.39 is 10.0 Å². The standard InChI is InChI=1S/C17H19NO5S/c1-22-10-11-24(20,21)18-15-12-14(8-9-16(15)23-2)17(19)13-6-4-3-5-7-13/h3-9,12,18H,10-11H2,1-2H3. The number of hydrogen-bond acceptors (Lipinski definition) is 5. The molecule has 6 nitrogen and oxygen atoms in total. The number of methoxy groups -OCH3 is 2. The van der Waals surface area contributed by atoms with E-state index in [1.807, 2.05) is 6.07 Å². The topological polar surface area (TPSA) is 81.7 Å². The molecule has 0 aliphatic heterocycles. The van der Waals surface area contributed by atoms with Crippen molar-refractivity contribution in [2.75, 3.05) is 31.3 Å². The lowest BCUT2D eigenvalue weighted by molar-refractivity contribution is 0.103. The SMILES string of the molecule is COCCS(=O)(=O)Nc1cc(C(=O)c2ccccc2)ccc1OC. The average Bonchev–Trinajstić information content (AvgIpc) is 2.59. The number of anilines is 1. The molecule has 128 valence electrons. The Morgan fingerprint density at radius 3 is 2.38 bits per heavy atom. The van der Waals surface area contributed by atoms with Crippen molar-refractivity contribution in [2.45, 2.75) is 0 Å². The van der Waals surface area contributed by atoms with E-state index in [2.05, 4.69) is 4.72 Å². The summed E-state index contributed by atoms with van der Waals surface area (Å²) in [6, 6.07) is 13.4. The number of rotatable bonds is 8. The molecule has 0 bridgehead atoms. The van der Waals surface area contributed by atoms with E-state index in [9.17, 15) is 13.2 Å². The van der Waals surface area contributed by atoms with Crippen LogP contribution >= 0.6 is 0 Å². The van der Waals surface area contributed by atoms with E-state index in [1.54, 1.807) is 36.4 Å². The largest absolute Gasteiger partial charge is 0.495 e. The fourth-order valence-corrected chi connectivity index (χ4v) is 3.08. The predicted octanol–water partition coefficient (Wildman–Crippen LogP) is 2.31. The van der Waals surface area contributed by atoms with Crippen molar-refractivity contribution < 1.29 is 22.7 Å². The maximum Gasteiger partial charge on any atom is 0.235 e. The van der Waals surface area contributed by atoms with Crippen molar-refractivity contribution >= 4 is 21.5 Å². The van der Waals surface area contributed by atoms with Crippen LogP contribution < -0.4 is 9.46 Å². The molecular weight excluding hydrogens is 330 g/mol. The van der Waals surface area contributed by atoms with Gasteiger partial charge < -0.3 is 9.47 Å². The van der Waals surface area contributed by atoms with E-state index in [1.165, 1.54) is 20.3 Å². The van der Waals surface area contributed by atoms with E-state index >= 15 is 0 Å². The monoisotopic (exact) mass is 349 g/mol. The van der Waals surface area contributed by atoms with Gasteiger partial charge in [0.2, 0.25) is 10.0 Å². The Morgan fingerprint density at radius 1 is 1.04 bits per heavy atom. The van der Waals surface area contributed by atoms with Crippen LogP contribution in [0.1, 0.15) is 15.9 Å². The fraction of sp³-hybridized carbons (Fsp3) is 0.235. The van der Waals surface area contributed by atoms with Gasteiger partial charge in [0.25, 0.3) is 0 Å². The highest BCUT2D eigenvalue weighted by atomic mass is 32.2. The van der Waals surface area contributed by atoms with Gasteiger partial charge in [-0.25, -0.2) is 8.42 Å². The molecule has 0 saturated carbocycles. The Bertz CT molecular complexity index is 803. The fourth-order valence-electron chi connectivity index (χ4n) is 2.10. The zero-order chi connectivity index (χ0) is 17.6. The Morgan fingerprint density at radius 2 is 1.75 bits per heavy atom. The average molecular weight is 349 g/mol. The van der Waals surface area contributed by atoms with Gasteiger partial charge in [0, 0.05) is 18.2 Å². The number of ether oxygens (including phenoxy) is 2. The Kier molecular flexibility index (Phi) is 5.94. The number of nitrogens with one attached hydrogen (secondary N) is 1. The minimum Gasteiger partial charge on any atom is -0.495 e. The quantitative estimate of drug-likeness (QED) is 0.740. The van der Waals surface area contributed by atoms with Gasteiger partial charge in [-0.15, -0.1) is 0 Å². The van der Waals surface area contributed by atoms with E-state index in [-0.39, 0.29) is 23.8 Å². The van der Waals surface area contributed by atoms with Crippen molar-refractivity contribution in [3.63, 3.8) is 0 Å². The molecule has 0 unspecified atom stereocenters. The third-order valence-corrected chi connectivity index (χ3v) is 4.55. The molecule has 1 N–H and O–H groups in total. The van der Waals surface area contributed by atoms with Crippen LogP contribution in [0.5, 0.6) is 5.75 Å². The van der Waals surface area contributed by atoms with Crippen LogP contribution in [0, 0.1) is 0 Å². The number of carbonyl (C=O) groups is 1. The van der Waals surface area contributed by atoms with Crippen LogP contribution in [0.4, 0.5) is 5.69 Å². The summed E-state index contributed by atoms with van der Waals surface area (Å²) in [4.78, 5) is 12.5. The Balaban J connectivity index is 2.32. The molecule has 0 heterocycles. The smallest absolute Gasteiger partial charge is 0.235 e. The Hall–Kier alpha value is -2.38. The van der Waals surface area contributed by atoms with E-state index in [0.717, 1.165) is 0 Å². The minimum atomic E-state index is -3.60. The summed E-state index contributed by atoms with van der Waals surface area (Å²) in [6.07, 6.45) is 0. The highest BCUT2D eigenvalue weighted by molar-refractivity contribution is 7.92. The third-order valence-electron chi connectivity index (χ3n) is 3.32. The van der Waals surface area contributed by atoms with Crippen molar-refractivity contribution in [1.82, 2.24) is 0 Å². The number of carbonyl (C=O) groups excluding carboxylic acids is 1. The first-order valence-corrected chi connectivity index (χ1v) is 8.89. The van der Waals surface area contributed by atoms with Gasteiger partial charge >= 0.3 is 0 Å². The molecule has 0 aromatic heterocycles. The molecule has 0 spiro atoms. The van der Waals surface area contributed by atoms with Gasteiger partial charge in [-0.05, 0) is 18.2 Å². The molecule has 0 amide bonds. The van der Waals surface area contributed by atoms with Crippen LogP contribution in [0.3, 0.4) is 0 Å². The lowest BCUT2D eigenvalue weighted by Crippen LogP contribution is -2.20. The molecule has 7 heteroatoms. The molecule has 0 aliphatic carbocycles. The minimum absolute atomic E-state index is 0.0697. The molecule has 0 saturated heterocycles. The lowest BCUT2D eigenvalue weighted by atomic mass is 10.0. The zero-order valence-electron chi connectivity index (χ0n) is 13.5. The van der Waals surface area contributed by atoms with Crippen molar-refractivity contribution in [1.29, 1.82) is 0 Å². The van der Waals surface area contributed by atoms with E-state index in [0.29, 0.717) is 16.9 Å². The molecule has 24 heavy (non-hydrogen) atoms. The summed E-state index contributed by atoms with van der Waals surface area (Å²) >= 11 is 0. The summed E-state index contributed by atoms with van der Waals surface area (Å²) < 4.78 is 36.5. The summed E-state index contributed by atoms with van der Waals surface area (Å²) in [5.74, 6) is -0.0556. The first-order chi connectivity index (χ1) is 11.5. The van der Waals surface area contributed by atoms with Crippen molar-refractivity contribution in [2.24, 2.45) is 0 Å². The van der Waals surface area contributed by atoms with Crippen LogP contribution in [0.25, 0.3) is 0 Å². The number of hydrogen-bond donors (Lipinski definition) is 1. The predicted molar refractivity (Wildman–Crippen MR) is 92.2 cm³/mol. The van der Waals surface area contributed by atoms with Gasteiger partial charge in [0.15, 0.2) is 5.78 Å². The van der Waals surface area contributed by atoms with Gasteiger partial charge in [-0.3, -0.25) is 9.52 Å². The maximum atomic E-state index is 12.5. The first-order valence-electron chi connectivity index (χ1n) is 7.24. The van der Waals surface area contributed by atoms with Gasteiger partial charge in [-0.2, -0.15) is 0 Å². The highest BCUT2D eigenvalue weighted by Gasteiger charge is 2.16. The van der Waals surface area contributed by atoms with Gasteiger partial charge in [0.1, 0.15) is 5.75 Å². The molecule has 0 atom stereocenters. The number of sulfonamides is 1. The zero-order valence-corrected chi connectivity index (χ0v) is 14.3. The second-order valence-electron chi connectivity index (χ2n) is 5.02. The maximum absolute atomic E-state index is 12.5. The van der Waals surface area contributed by atoms with Crippen LogP contribution in [-0.4, -0.2) is 40.8 Å². The van der Waals surface area contributed by atoms with Crippen molar-refractivity contribution in [3.8, 4) is 5.75 Å². The van der Waals surface area contributed by atoms with Crippen molar-refractivity contribution in [3.05, 3.63) is 59.7 Å². The number of ketones is 1. The molecule has 2 aromatic carbocycles. The van der Waals surface area contributed by atoms with Gasteiger partial charge in [0.05, 0.1) is 25.2 Å². The molecular formula is C17H19NO5S. The summed E-state index contributed by atoms with van der Waals surface area (Å²) in [6.45, 7) is 0.0697. The molecule has 2 rings (SSSR count).